The number of hydrogen-bond acceptors (Lipinski definition) is 2. The summed E-state index contributed by atoms with van der Waals surface area (Å²) in [4.78, 5) is 5.73. The van der Waals surface area contributed by atoms with Crippen LogP contribution in [0.2, 0.25) is 5.02 Å². The highest BCUT2D eigenvalue weighted by Gasteiger charge is 2.18. The standard InChI is InChI=1S/C15H19ClN2O/c1-18(8-11-6-7-19-10-11)9-14-15(16)12-4-2-3-5-13(12)17-14/h2-5,11,17H,6-10H2,1H3. The molecule has 0 amide bonds. The number of aromatic nitrogens is 1. The van der Waals surface area contributed by atoms with Crippen LogP contribution in [-0.4, -0.2) is 36.7 Å². The Labute approximate surface area is 118 Å². The van der Waals surface area contributed by atoms with Crippen LogP contribution in [0, 0.1) is 5.92 Å². The van der Waals surface area contributed by atoms with Gasteiger partial charge in [-0.3, -0.25) is 0 Å². The Kier molecular flexibility index (Phi) is 3.78. The number of ether oxygens (including phenoxy) is 1. The maximum Gasteiger partial charge on any atom is 0.0705 e. The molecule has 19 heavy (non-hydrogen) atoms. The van der Waals surface area contributed by atoms with Gasteiger partial charge in [0.25, 0.3) is 0 Å². The molecule has 0 bridgehead atoms. The summed E-state index contributed by atoms with van der Waals surface area (Å²) in [6.45, 7) is 3.71. The molecule has 4 heteroatoms. The lowest BCUT2D eigenvalue weighted by Gasteiger charge is -2.19. The fourth-order valence-corrected chi connectivity index (χ4v) is 3.05. The van der Waals surface area contributed by atoms with Crippen LogP contribution in [0.4, 0.5) is 0 Å². The lowest BCUT2D eigenvalue weighted by atomic mass is 10.1. The molecule has 1 aromatic heterocycles. The lowest BCUT2D eigenvalue weighted by Crippen LogP contribution is -2.25. The first-order valence-corrected chi connectivity index (χ1v) is 7.13. The first kappa shape index (κ1) is 13.0. The Balaban J connectivity index is 1.71. The number of fused-ring (bicyclic) bond motifs is 1. The number of aromatic amines is 1. The van der Waals surface area contributed by atoms with E-state index < -0.39 is 0 Å². The molecular formula is C15H19ClN2O. The van der Waals surface area contributed by atoms with E-state index in [1.54, 1.807) is 0 Å². The highest BCUT2D eigenvalue weighted by Crippen LogP contribution is 2.28. The average molecular weight is 279 g/mol. The number of halogens is 1. The third kappa shape index (κ3) is 2.78. The van der Waals surface area contributed by atoms with Crippen LogP contribution in [0.1, 0.15) is 12.1 Å². The van der Waals surface area contributed by atoms with Gasteiger partial charge in [0.15, 0.2) is 0 Å². The summed E-state index contributed by atoms with van der Waals surface area (Å²) in [5.74, 6) is 0.660. The fourth-order valence-electron chi connectivity index (χ4n) is 2.78. The van der Waals surface area contributed by atoms with Gasteiger partial charge in [-0.15, -0.1) is 0 Å². The van der Waals surface area contributed by atoms with Crippen molar-refractivity contribution < 1.29 is 4.74 Å². The molecule has 1 aliphatic rings. The van der Waals surface area contributed by atoms with Gasteiger partial charge >= 0.3 is 0 Å². The molecule has 1 saturated heterocycles. The number of H-pyrrole nitrogens is 1. The minimum Gasteiger partial charge on any atom is -0.381 e. The zero-order chi connectivity index (χ0) is 13.2. The second-order valence-corrected chi connectivity index (χ2v) is 5.77. The van der Waals surface area contributed by atoms with Crippen LogP contribution in [0.25, 0.3) is 10.9 Å². The minimum absolute atomic E-state index is 0.660. The van der Waals surface area contributed by atoms with E-state index in [0.29, 0.717) is 5.92 Å². The number of para-hydroxylation sites is 1. The van der Waals surface area contributed by atoms with Gasteiger partial charge in [0.05, 0.1) is 11.6 Å². The smallest absolute Gasteiger partial charge is 0.0705 e. The van der Waals surface area contributed by atoms with Gasteiger partial charge in [-0.1, -0.05) is 29.8 Å². The summed E-state index contributed by atoms with van der Waals surface area (Å²) < 4.78 is 5.42. The van der Waals surface area contributed by atoms with E-state index in [4.69, 9.17) is 16.3 Å². The van der Waals surface area contributed by atoms with Gasteiger partial charge in [-0.25, -0.2) is 0 Å². The van der Waals surface area contributed by atoms with Gasteiger partial charge in [0.2, 0.25) is 0 Å². The first-order valence-electron chi connectivity index (χ1n) is 6.75. The lowest BCUT2D eigenvalue weighted by molar-refractivity contribution is 0.172. The summed E-state index contributed by atoms with van der Waals surface area (Å²) in [5.41, 5.74) is 2.21. The van der Waals surface area contributed by atoms with Crippen molar-refractivity contribution >= 4 is 22.5 Å². The average Bonchev–Trinajstić information content (AvgIpc) is 3.00. The van der Waals surface area contributed by atoms with Gasteiger partial charge in [0.1, 0.15) is 0 Å². The second-order valence-electron chi connectivity index (χ2n) is 5.39. The Morgan fingerprint density at radius 2 is 2.26 bits per heavy atom. The predicted molar refractivity (Wildman–Crippen MR) is 78.6 cm³/mol. The van der Waals surface area contributed by atoms with Gasteiger partial charge in [-0.05, 0) is 25.5 Å². The van der Waals surface area contributed by atoms with Crippen molar-refractivity contribution in [2.75, 3.05) is 26.8 Å². The third-order valence-corrected chi connectivity index (χ3v) is 4.17. The molecule has 1 N–H and O–H groups in total. The molecule has 3 rings (SSSR count). The molecule has 1 atom stereocenters. The third-order valence-electron chi connectivity index (χ3n) is 3.74. The zero-order valence-corrected chi connectivity index (χ0v) is 11.9. The first-order chi connectivity index (χ1) is 9.24. The summed E-state index contributed by atoms with van der Waals surface area (Å²) in [6.07, 6.45) is 1.17. The van der Waals surface area contributed by atoms with E-state index >= 15 is 0 Å². The van der Waals surface area contributed by atoms with Crippen molar-refractivity contribution in [2.45, 2.75) is 13.0 Å². The van der Waals surface area contributed by atoms with Crippen molar-refractivity contribution in [3.05, 3.63) is 35.0 Å². The molecule has 0 spiro atoms. The van der Waals surface area contributed by atoms with E-state index in [-0.39, 0.29) is 0 Å². The Morgan fingerprint density at radius 3 is 3.00 bits per heavy atom. The Hall–Kier alpha value is -1.03. The normalized spacial score (nSPS) is 19.6. The van der Waals surface area contributed by atoms with E-state index in [2.05, 4.69) is 29.1 Å². The molecule has 1 unspecified atom stereocenters. The zero-order valence-electron chi connectivity index (χ0n) is 11.2. The molecule has 0 radical (unpaired) electrons. The van der Waals surface area contributed by atoms with Crippen LogP contribution in [0.5, 0.6) is 0 Å². The van der Waals surface area contributed by atoms with Crippen LogP contribution >= 0.6 is 11.6 Å². The summed E-state index contributed by atoms with van der Waals surface area (Å²) in [7, 11) is 2.14. The molecule has 3 nitrogen and oxygen atoms in total. The van der Waals surface area contributed by atoms with Crippen molar-refractivity contribution in [1.29, 1.82) is 0 Å². The molecule has 2 heterocycles. The molecule has 0 aliphatic carbocycles. The van der Waals surface area contributed by atoms with E-state index in [1.807, 2.05) is 12.1 Å². The number of nitrogens with zero attached hydrogens (tertiary/aromatic N) is 1. The summed E-state index contributed by atoms with van der Waals surface area (Å²) >= 11 is 6.44. The van der Waals surface area contributed by atoms with Crippen LogP contribution in [0.15, 0.2) is 24.3 Å². The fraction of sp³-hybridized carbons (Fsp3) is 0.467. The van der Waals surface area contributed by atoms with E-state index in [9.17, 15) is 0 Å². The SMILES string of the molecule is CN(Cc1[nH]c2ccccc2c1Cl)CC1CCOC1. The maximum atomic E-state index is 6.44. The highest BCUT2D eigenvalue weighted by molar-refractivity contribution is 6.36. The largest absolute Gasteiger partial charge is 0.381 e. The van der Waals surface area contributed by atoms with Gasteiger partial charge in [-0.2, -0.15) is 0 Å². The number of benzene rings is 1. The highest BCUT2D eigenvalue weighted by atomic mass is 35.5. The predicted octanol–water partition coefficient (Wildman–Crippen LogP) is 3.29. The minimum atomic E-state index is 0.660. The monoisotopic (exact) mass is 278 g/mol. The topological polar surface area (TPSA) is 28.3 Å². The number of nitrogens with one attached hydrogen (secondary N) is 1. The van der Waals surface area contributed by atoms with E-state index in [0.717, 1.165) is 47.9 Å². The second kappa shape index (κ2) is 5.53. The summed E-state index contributed by atoms with van der Waals surface area (Å²) in [6, 6.07) is 8.17. The molecular weight excluding hydrogens is 260 g/mol. The van der Waals surface area contributed by atoms with Crippen molar-refractivity contribution in [2.24, 2.45) is 5.92 Å². The Bertz CT molecular complexity index is 560. The molecule has 102 valence electrons. The van der Waals surface area contributed by atoms with E-state index in [1.165, 1.54) is 6.42 Å². The molecule has 0 saturated carbocycles. The molecule has 1 aromatic carbocycles. The quantitative estimate of drug-likeness (QED) is 0.930. The van der Waals surface area contributed by atoms with Crippen LogP contribution in [0.3, 0.4) is 0 Å². The number of hydrogen-bond donors (Lipinski definition) is 1. The van der Waals surface area contributed by atoms with Gasteiger partial charge < -0.3 is 14.6 Å². The van der Waals surface area contributed by atoms with Crippen molar-refractivity contribution in [3.63, 3.8) is 0 Å². The molecule has 1 aliphatic heterocycles. The van der Waals surface area contributed by atoms with Crippen molar-refractivity contribution in [1.82, 2.24) is 9.88 Å². The number of rotatable bonds is 4. The Morgan fingerprint density at radius 1 is 1.42 bits per heavy atom. The van der Waals surface area contributed by atoms with Crippen LogP contribution in [-0.2, 0) is 11.3 Å². The maximum absolute atomic E-state index is 6.44. The summed E-state index contributed by atoms with van der Waals surface area (Å²) in [5, 5.41) is 1.96. The molecule has 1 fully saturated rings. The van der Waals surface area contributed by atoms with Crippen LogP contribution < -0.4 is 0 Å². The van der Waals surface area contributed by atoms with Crippen molar-refractivity contribution in [3.8, 4) is 0 Å². The van der Waals surface area contributed by atoms with Gasteiger partial charge in [0, 0.05) is 36.3 Å². The molecule has 2 aromatic rings.